The van der Waals surface area contributed by atoms with Gasteiger partial charge in [-0.05, 0) is 38.5 Å². The molecular weight excluding hydrogens is 252 g/mol. The van der Waals surface area contributed by atoms with E-state index in [4.69, 9.17) is 0 Å². The van der Waals surface area contributed by atoms with Crippen molar-refractivity contribution in [3.63, 3.8) is 0 Å². The van der Waals surface area contributed by atoms with E-state index in [0.29, 0.717) is 6.42 Å². The van der Waals surface area contributed by atoms with Crippen molar-refractivity contribution in [1.29, 1.82) is 0 Å². The quantitative estimate of drug-likeness (QED) is 0.912. The Morgan fingerprint density at radius 1 is 1.35 bits per heavy atom. The standard InChI is InChI=1S/C15H18N4O/c1-9(2)19-15-14(10(3)18-19)12(8-13(20)17-15)11-4-6-16-7-5-11/h4-7,9,12H,8H2,1-3H3,(H,17,20). The molecule has 0 saturated carbocycles. The number of carbonyl (C=O) groups is 1. The fraction of sp³-hybridized carbons (Fsp3) is 0.400. The number of aromatic nitrogens is 3. The summed E-state index contributed by atoms with van der Waals surface area (Å²) in [6.45, 7) is 6.13. The molecule has 5 heteroatoms. The van der Waals surface area contributed by atoms with Crippen LogP contribution in [0.25, 0.3) is 0 Å². The third-order valence-electron chi connectivity index (χ3n) is 3.73. The topological polar surface area (TPSA) is 59.8 Å². The minimum Gasteiger partial charge on any atom is -0.311 e. The molecule has 5 nitrogen and oxygen atoms in total. The molecule has 0 saturated heterocycles. The molecule has 104 valence electrons. The first-order valence-corrected chi connectivity index (χ1v) is 6.86. The number of fused-ring (bicyclic) bond motifs is 1. The molecule has 0 spiro atoms. The van der Waals surface area contributed by atoms with Crippen molar-refractivity contribution in [2.75, 3.05) is 5.32 Å². The molecule has 1 aliphatic heterocycles. The first-order valence-electron chi connectivity index (χ1n) is 6.86. The number of aryl methyl sites for hydroxylation is 1. The van der Waals surface area contributed by atoms with Gasteiger partial charge in [0, 0.05) is 36.3 Å². The van der Waals surface area contributed by atoms with Gasteiger partial charge in [0.25, 0.3) is 0 Å². The van der Waals surface area contributed by atoms with Crippen LogP contribution >= 0.6 is 0 Å². The molecule has 2 aromatic heterocycles. The predicted molar refractivity (Wildman–Crippen MR) is 76.7 cm³/mol. The number of amides is 1. The lowest BCUT2D eigenvalue weighted by atomic mass is 9.86. The molecule has 1 amide bonds. The van der Waals surface area contributed by atoms with Gasteiger partial charge in [0.15, 0.2) is 0 Å². The van der Waals surface area contributed by atoms with Gasteiger partial charge in [-0.15, -0.1) is 0 Å². The van der Waals surface area contributed by atoms with E-state index < -0.39 is 0 Å². The lowest BCUT2D eigenvalue weighted by Gasteiger charge is -2.25. The van der Waals surface area contributed by atoms with Crippen LogP contribution in [0.3, 0.4) is 0 Å². The molecule has 1 atom stereocenters. The zero-order valence-corrected chi connectivity index (χ0v) is 11.9. The van der Waals surface area contributed by atoms with Crippen LogP contribution in [0.5, 0.6) is 0 Å². The van der Waals surface area contributed by atoms with E-state index >= 15 is 0 Å². The number of rotatable bonds is 2. The van der Waals surface area contributed by atoms with Gasteiger partial charge in [0.1, 0.15) is 5.82 Å². The summed E-state index contributed by atoms with van der Waals surface area (Å²) < 4.78 is 1.90. The zero-order chi connectivity index (χ0) is 14.3. The monoisotopic (exact) mass is 270 g/mol. The van der Waals surface area contributed by atoms with Gasteiger partial charge in [-0.1, -0.05) is 0 Å². The highest BCUT2D eigenvalue weighted by Crippen LogP contribution is 2.39. The lowest BCUT2D eigenvalue weighted by molar-refractivity contribution is -0.116. The average Bonchev–Trinajstić information content (AvgIpc) is 2.76. The largest absolute Gasteiger partial charge is 0.311 e. The highest BCUT2D eigenvalue weighted by atomic mass is 16.1. The molecule has 2 aromatic rings. The number of pyridine rings is 1. The highest BCUT2D eigenvalue weighted by Gasteiger charge is 2.32. The number of hydrogen-bond donors (Lipinski definition) is 1. The average molecular weight is 270 g/mol. The van der Waals surface area contributed by atoms with E-state index in [1.54, 1.807) is 12.4 Å². The van der Waals surface area contributed by atoms with Gasteiger partial charge in [-0.2, -0.15) is 5.10 Å². The smallest absolute Gasteiger partial charge is 0.226 e. The SMILES string of the molecule is Cc1nn(C(C)C)c2c1C(c1ccncc1)CC(=O)N2. The van der Waals surface area contributed by atoms with E-state index in [0.717, 1.165) is 22.6 Å². The Morgan fingerprint density at radius 3 is 2.70 bits per heavy atom. The van der Waals surface area contributed by atoms with Gasteiger partial charge >= 0.3 is 0 Å². The van der Waals surface area contributed by atoms with Gasteiger partial charge in [0.05, 0.1) is 5.69 Å². The van der Waals surface area contributed by atoms with Crippen LogP contribution in [0.2, 0.25) is 0 Å². The van der Waals surface area contributed by atoms with Crippen LogP contribution in [0.15, 0.2) is 24.5 Å². The van der Waals surface area contributed by atoms with Crippen molar-refractivity contribution in [3.8, 4) is 0 Å². The number of carbonyl (C=O) groups excluding carboxylic acids is 1. The van der Waals surface area contributed by atoms with Crippen LogP contribution in [-0.2, 0) is 4.79 Å². The Kier molecular flexibility index (Phi) is 3.04. The molecule has 0 aliphatic carbocycles. The Bertz CT molecular complexity index is 645. The zero-order valence-electron chi connectivity index (χ0n) is 11.9. The Labute approximate surface area is 118 Å². The summed E-state index contributed by atoms with van der Waals surface area (Å²) in [6.07, 6.45) is 4.00. The van der Waals surface area contributed by atoms with Gasteiger partial charge < -0.3 is 5.32 Å². The second-order valence-electron chi connectivity index (χ2n) is 5.47. The molecule has 0 fully saturated rings. The van der Waals surface area contributed by atoms with Crippen LogP contribution < -0.4 is 5.32 Å². The van der Waals surface area contributed by atoms with Crippen molar-refractivity contribution >= 4 is 11.7 Å². The summed E-state index contributed by atoms with van der Waals surface area (Å²) in [6, 6.07) is 4.16. The minimum atomic E-state index is 0.0427. The van der Waals surface area contributed by atoms with Crippen molar-refractivity contribution < 1.29 is 4.79 Å². The van der Waals surface area contributed by atoms with Gasteiger partial charge in [0.2, 0.25) is 5.91 Å². The summed E-state index contributed by atoms with van der Waals surface area (Å²) in [7, 11) is 0. The highest BCUT2D eigenvalue weighted by molar-refractivity contribution is 5.94. The van der Waals surface area contributed by atoms with E-state index in [9.17, 15) is 4.79 Å². The summed E-state index contributed by atoms with van der Waals surface area (Å²) in [5.74, 6) is 0.950. The molecule has 0 bridgehead atoms. The third-order valence-corrected chi connectivity index (χ3v) is 3.73. The maximum Gasteiger partial charge on any atom is 0.226 e. The molecule has 0 radical (unpaired) electrons. The second kappa shape index (κ2) is 4.74. The third kappa shape index (κ3) is 1.99. The van der Waals surface area contributed by atoms with Crippen molar-refractivity contribution in [1.82, 2.24) is 14.8 Å². The first kappa shape index (κ1) is 12.8. The Morgan fingerprint density at radius 2 is 2.05 bits per heavy atom. The summed E-state index contributed by atoms with van der Waals surface area (Å²) in [5, 5.41) is 7.56. The maximum absolute atomic E-state index is 12.0. The fourth-order valence-electron chi connectivity index (χ4n) is 2.83. The summed E-state index contributed by atoms with van der Waals surface area (Å²) in [5.41, 5.74) is 3.22. The van der Waals surface area contributed by atoms with Crippen LogP contribution in [0.1, 0.15) is 49.0 Å². The predicted octanol–water partition coefficient (Wildman–Crippen LogP) is 2.64. The number of anilines is 1. The van der Waals surface area contributed by atoms with Crippen molar-refractivity contribution in [2.45, 2.75) is 39.2 Å². The second-order valence-corrected chi connectivity index (χ2v) is 5.47. The molecule has 3 rings (SSSR count). The van der Waals surface area contributed by atoms with Crippen molar-refractivity contribution in [3.05, 3.63) is 41.3 Å². The summed E-state index contributed by atoms with van der Waals surface area (Å²) >= 11 is 0. The maximum atomic E-state index is 12.0. The van der Waals surface area contributed by atoms with Crippen LogP contribution in [-0.4, -0.2) is 20.7 Å². The normalized spacial score (nSPS) is 18.0. The first-order chi connectivity index (χ1) is 9.58. The number of hydrogen-bond acceptors (Lipinski definition) is 3. The molecule has 0 aromatic carbocycles. The number of nitrogens with zero attached hydrogens (tertiary/aromatic N) is 3. The summed E-state index contributed by atoms with van der Waals surface area (Å²) in [4.78, 5) is 16.1. The van der Waals surface area contributed by atoms with Crippen molar-refractivity contribution in [2.24, 2.45) is 0 Å². The van der Waals surface area contributed by atoms with E-state index in [1.807, 2.05) is 23.7 Å². The molecule has 3 heterocycles. The molecule has 1 aliphatic rings. The van der Waals surface area contributed by atoms with E-state index in [1.165, 1.54) is 0 Å². The lowest BCUT2D eigenvalue weighted by Crippen LogP contribution is -2.25. The number of nitrogens with one attached hydrogen (secondary N) is 1. The van der Waals surface area contributed by atoms with E-state index in [-0.39, 0.29) is 17.9 Å². The van der Waals surface area contributed by atoms with Crippen LogP contribution in [0.4, 0.5) is 5.82 Å². The van der Waals surface area contributed by atoms with Crippen LogP contribution in [0, 0.1) is 6.92 Å². The van der Waals surface area contributed by atoms with Gasteiger partial charge in [-0.3, -0.25) is 9.78 Å². The fourth-order valence-corrected chi connectivity index (χ4v) is 2.83. The Balaban J connectivity index is 2.16. The Hall–Kier alpha value is -2.17. The van der Waals surface area contributed by atoms with E-state index in [2.05, 4.69) is 29.2 Å². The molecule has 1 unspecified atom stereocenters. The minimum absolute atomic E-state index is 0.0427. The van der Waals surface area contributed by atoms with Gasteiger partial charge in [-0.25, -0.2) is 4.68 Å². The molecule has 1 N–H and O–H groups in total. The molecule has 20 heavy (non-hydrogen) atoms. The molecular formula is C15H18N4O.